The molecule has 0 atom stereocenters. The molecular formula is C17H15N3O. The average Bonchev–Trinajstić information content (AvgIpc) is 3.04. The van der Waals surface area contributed by atoms with Crippen LogP contribution in [0.4, 0.5) is 0 Å². The number of amides is 1. The van der Waals surface area contributed by atoms with Gasteiger partial charge in [-0.05, 0) is 47.4 Å². The zero-order chi connectivity index (χ0) is 14.6. The highest BCUT2D eigenvalue weighted by atomic mass is 16.1. The lowest BCUT2D eigenvalue weighted by Crippen LogP contribution is -2.12. The largest absolute Gasteiger partial charge is 0.348 e. The second-order valence-corrected chi connectivity index (χ2v) is 5.49. The minimum absolute atomic E-state index is 0.0182. The van der Waals surface area contributed by atoms with E-state index in [1.165, 1.54) is 5.56 Å². The Morgan fingerprint density at radius 2 is 2.05 bits per heavy atom. The van der Waals surface area contributed by atoms with E-state index in [0.29, 0.717) is 6.54 Å². The molecule has 4 nitrogen and oxygen atoms in total. The van der Waals surface area contributed by atoms with E-state index in [2.05, 4.69) is 23.3 Å². The van der Waals surface area contributed by atoms with E-state index in [-0.39, 0.29) is 5.91 Å². The van der Waals surface area contributed by atoms with Crippen LogP contribution in [0.3, 0.4) is 0 Å². The molecule has 0 radical (unpaired) electrons. The van der Waals surface area contributed by atoms with Crippen LogP contribution in [-0.4, -0.2) is 15.5 Å². The molecule has 0 aliphatic carbocycles. The maximum atomic E-state index is 11.9. The summed E-state index contributed by atoms with van der Waals surface area (Å²) < 4.78 is 2.01. The van der Waals surface area contributed by atoms with Crippen LogP contribution in [0.5, 0.6) is 0 Å². The van der Waals surface area contributed by atoms with Gasteiger partial charge in [0.1, 0.15) is 5.65 Å². The van der Waals surface area contributed by atoms with Crippen molar-refractivity contribution in [3.8, 4) is 11.1 Å². The number of nitrogens with one attached hydrogen (secondary N) is 1. The lowest BCUT2D eigenvalue weighted by atomic mass is 9.91. The van der Waals surface area contributed by atoms with Gasteiger partial charge in [-0.2, -0.15) is 0 Å². The number of benzene rings is 1. The summed E-state index contributed by atoms with van der Waals surface area (Å²) in [7, 11) is 1.99. The van der Waals surface area contributed by atoms with E-state index in [4.69, 9.17) is 0 Å². The van der Waals surface area contributed by atoms with E-state index < -0.39 is 0 Å². The maximum absolute atomic E-state index is 11.9. The molecule has 1 N–H and O–H groups in total. The number of hydrogen-bond donors (Lipinski definition) is 1. The molecule has 1 amide bonds. The molecule has 1 aliphatic heterocycles. The number of fused-ring (bicyclic) bond motifs is 2. The van der Waals surface area contributed by atoms with Crippen molar-refractivity contribution in [2.24, 2.45) is 7.05 Å². The summed E-state index contributed by atoms with van der Waals surface area (Å²) in [5.74, 6) is 0.0182. The number of pyridine rings is 1. The van der Waals surface area contributed by atoms with Gasteiger partial charge in [0.15, 0.2) is 0 Å². The van der Waals surface area contributed by atoms with Gasteiger partial charge in [0, 0.05) is 36.9 Å². The number of rotatable bonds is 1. The van der Waals surface area contributed by atoms with Crippen molar-refractivity contribution in [1.29, 1.82) is 0 Å². The number of aryl methyl sites for hydroxylation is 2. The summed E-state index contributed by atoms with van der Waals surface area (Å²) in [6.45, 7) is 2.69. The third kappa shape index (κ3) is 1.62. The highest BCUT2D eigenvalue weighted by Crippen LogP contribution is 2.36. The number of hydrogen-bond acceptors (Lipinski definition) is 2. The fraction of sp³-hybridized carbons (Fsp3) is 0.176. The molecular weight excluding hydrogens is 262 g/mol. The van der Waals surface area contributed by atoms with Crippen molar-refractivity contribution in [1.82, 2.24) is 14.9 Å². The highest BCUT2D eigenvalue weighted by molar-refractivity contribution is 6.03. The molecule has 4 heteroatoms. The lowest BCUT2D eigenvalue weighted by molar-refractivity contribution is 0.0966. The van der Waals surface area contributed by atoms with Gasteiger partial charge in [0.2, 0.25) is 0 Å². The molecule has 0 saturated heterocycles. The van der Waals surface area contributed by atoms with Crippen LogP contribution < -0.4 is 5.32 Å². The van der Waals surface area contributed by atoms with Crippen molar-refractivity contribution in [3.05, 3.63) is 53.3 Å². The number of aromatic nitrogens is 2. The van der Waals surface area contributed by atoms with Crippen molar-refractivity contribution in [2.75, 3.05) is 0 Å². The number of nitrogens with zero attached hydrogens (tertiary/aromatic N) is 2. The first-order chi connectivity index (χ1) is 10.2. The molecule has 21 heavy (non-hydrogen) atoms. The number of carbonyl (C=O) groups is 1. The van der Waals surface area contributed by atoms with E-state index in [1.807, 2.05) is 42.2 Å². The number of carbonyl (C=O) groups excluding carboxylic acids is 1. The molecule has 0 fully saturated rings. The van der Waals surface area contributed by atoms with Crippen LogP contribution in [0.2, 0.25) is 0 Å². The second-order valence-electron chi connectivity index (χ2n) is 5.49. The van der Waals surface area contributed by atoms with Gasteiger partial charge in [-0.25, -0.2) is 4.98 Å². The Hall–Kier alpha value is -2.62. The summed E-state index contributed by atoms with van der Waals surface area (Å²) in [5.41, 5.74) is 6.33. The van der Waals surface area contributed by atoms with E-state index >= 15 is 0 Å². The Balaban J connectivity index is 2.08. The standard InChI is InChI=1S/C17H15N3O/c1-10-3-4-13-14(9-19-17(13)21)15(10)11-5-7-18-16-12(11)6-8-20(16)2/h3-8H,9H2,1-2H3,(H,19,21). The lowest BCUT2D eigenvalue weighted by Gasteiger charge is -2.12. The molecule has 1 aromatic carbocycles. The Morgan fingerprint density at radius 1 is 1.19 bits per heavy atom. The first kappa shape index (κ1) is 12.1. The zero-order valence-corrected chi connectivity index (χ0v) is 12.0. The Morgan fingerprint density at radius 3 is 2.90 bits per heavy atom. The first-order valence-corrected chi connectivity index (χ1v) is 6.98. The molecule has 4 rings (SSSR count). The molecule has 3 aromatic rings. The van der Waals surface area contributed by atoms with Gasteiger partial charge in [0.05, 0.1) is 0 Å². The zero-order valence-electron chi connectivity index (χ0n) is 12.0. The van der Waals surface area contributed by atoms with E-state index in [9.17, 15) is 4.79 Å². The van der Waals surface area contributed by atoms with Gasteiger partial charge in [0.25, 0.3) is 5.91 Å². The third-order valence-electron chi connectivity index (χ3n) is 4.23. The Labute approximate surface area is 122 Å². The molecule has 0 saturated carbocycles. The van der Waals surface area contributed by atoms with Gasteiger partial charge in [-0.15, -0.1) is 0 Å². The molecule has 0 spiro atoms. The van der Waals surface area contributed by atoms with Gasteiger partial charge < -0.3 is 9.88 Å². The van der Waals surface area contributed by atoms with Crippen molar-refractivity contribution < 1.29 is 4.79 Å². The van der Waals surface area contributed by atoms with Gasteiger partial charge >= 0.3 is 0 Å². The van der Waals surface area contributed by atoms with Crippen molar-refractivity contribution >= 4 is 16.9 Å². The molecule has 0 unspecified atom stereocenters. The fourth-order valence-corrected chi connectivity index (χ4v) is 3.18. The summed E-state index contributed by atoms with van der Waals surface area (Å²) in [5, 5.41) is 4.04. The van der Waals surface area contributed by atoms with Crippen molar-refractivity contribution in [2.45, 2.75) is 13.5 Å². The monoisotopic (exact) mass is 277 g/mol. The van der Waals surface area contributed by atoms with Crippen LogP contribution in [0, 0.1) is 6.92 Å². The third-order valence-corrected chi connectivity index (χ3v) is 4.23. The minimum atomic E-state index is 0.0182. The summed E-state index contributed by atoms with van der Waals surface area (Å²) in [4.78, 5) is 16.3. The van der Waals surface area contributed by atoms with Gasteiger partial charge in [-0.3, -0.25) is 4.79 Å². The normalized spacial score (nSPS) is 13.5. The summed E-state index contributed by atoms with van der Waals surface area (Å²) in [6.07, 6.45) is 3.85. The predicted molar refractivity (Wildman–Crippen MR) is 82.1 cm³/mol. The average molecular weight is 277 g/mol. The fourth-order valence-electron chi connectivity index (χ4n) is 3.18. The summed E-state index contributed by atoms with van der Waals surface area (Å²) >= 11 is 0. The van der Waals surface area contributed by atoms with Crippen LogP contribution in [-0.2, 0) is 13.6 Å². The summed E-state index contributed by atoms with van der Waals surface area (Å²) in [6, 6.07) is 8.06. The maximum Gasteiger partial charge on any atom is 0.251 e. The molecule has 3 heterocycles. The molecule has 1 aliphatic rings. The first-order valence-electron chi connectivity index (χ1n) is 6.98. The smallest absolute Gasteiger partial charge is 0.251 e. The second kappa shape index (κ2) is 4.19. The van der Waals surface area contributed by atoms with Gasteiger partial charge in [-0.1, -0.05) is 6.07 Å². The Kier molecular flexibility index (Phi) is 2.42. The quantitative estimate of drug-likeness (QED) is 0.743. The SMILES string of the molecule is Cc1ccc2c(c1-c1ccnc3c1ccn3C)CNC2=O. The van der Waals surface area contributed by atoms with Crippen LogP contribution in [0.15, 0.2) is 36.7 Å². The Bertz CT molecular complexity index is 892. The van der Waals surface area contributed by atoms with E-state index in [0.717, 1.165) is 33.3 Å². The van der Waals surface area contributed by atoms with Crippen LogP contribution in [0.1, 0.15) is 21.5 Å². The van der Waals surface area contributed by atoms with Crippen LogP contribution in [0.25, 0.3) is 22.2 Å². The molecule has 2 aromatic heterocycles. The molecule has 104 valence electrons. The topological polar surface area (TPSA) is 46.9 Å². The minimum Gasteiger partial charge on any atom is -0.348 e. The predicted octanol–water partition coefficient (Wildman–Crippen LogP) is 2.79. The van der Waals surface area contributed by atoms with Crippen molar-refractivity contribution in [3.63, 3.8) is 0 Å². The highest BCUT2D eigenvalue weighted by Gasteiger charge is 2.24. The van der Waals surface area contributed by atoms with Crippen LogP contribution >= 0.6 is 0 Å². The molecule has 0 bridgehead atoms. The van der Waals surface area contributed by atoms with E-state index in [1.54, 1.807) is 0 Å².